The maximum absolute atomic E-state index is 13.1. The molecule has 1 aliphatic rings. The molecule has 1 heterocycles. The molecule has 0 radical (unpaired) electrons. The van der Waals surface area contributed by atoms with Crippen molar-refractivity contribution in [2.24, 2.45) is 5.92 Å². The van der Waals surface area contributed by atoms with Gasteiger partial charge in [0.05, 0.1) is 17.7 Å². The van der Waals surface area contributed by atoms with Gasteiger partial charge in [-0.15, -0.1) is 0 Å². The van der Waals surface area contributed by atoms with Crippen molar-refractivity contribution >= 4 is 0 Å². The molecule has 0 saturated carbocycles. The summed E-state index contributed by atoms with van der Waals surface area (Å²) in [7, 11) is 0. The highest BCUT2D eigenvalue weighted by Gasteiger charge is 2.23. The van der Waals surface area contributed by atoms with Gasteiger partial charge in [0, 0.05) is 19.7 Å². The van der Waals surface area contributed by atoms with E-state index < -0.39 is 0 Å². The molecule has 96 valence electrons. The van der Waals surface area contributed by atoms with E-state index in [1.165, 1.54) is 18.2 Å². The zero-order chi connectivity index (χ0) is 13.0. The standard InChI is InChI=1S/C14H17FN2O/c1-10-12(4-5-18-10)8-17-9-13-6-14(15)3-2-11(13)7-16/h2-3,6,10,12,17H,4-5,8-9H2,1H3. The Kier molecular flexibility index (Phi) is 4.29. The van der Waals surface area contributed by atoms with Crippen LogP contribution in [0.15, 0.2) is 18.2 Å². The Morgan fingerprint density at radius 1 is 1.56 bits per heavy atom. The van der Waals surface area contributed by atoms with E-state index in [-0.39, 0.29) is 11.9 Å². The Labute approximate surface area is 107 Å². The minimum absolute atomic E-state index is 0.278. The molecule has 1 saturated heterocycles. The summed E-state index contributed by atoms with van der Waals surface area (Å²) >= 11 is 0. The van der Waals surface area contributed by atoms with Gasteiger partial charge in [-0.2, -0.15) is 5.26 Å². The normalized spacial score (nSPS) is 22.9. The molecule has 0 spiro atoms. The first-order chi connectivity index (χ1) is 8.70. The minimum atomic E-state index is -0.302. The number of benzene rings is 1. The number of nitrogens with zero attached hydrogens (tertiary/aromatic N) is 1. The molecule has 2 atom stereocenters. The van der Waals surface area contributed by atoms with Crippen molar-refractivity contribution in [2.75, 3.05) is 13.2 Å². The van der Waals surface area contributed by atoms with Crippen molar-refractivity contribution < 1.29 is 9.13 Å². The third-order valence-corrected chi connectivity index (χ3v) is 3.44. The highest BCUT2D eigenvalue weighted by atomic mass is 19.1. The van der Waals surface area contributed by atoms with Crippen LogP contribution in [0.4, 0.5) is 4.39 Å². The Bertz CT molecular complexity index is 456. The van der Waals surface area contributed by atoms with Crippen LogP contribution in [0, 0.1) is 23.1 Å². The second-order valence-electron chi connectivity index (χ2n) is 4.67. The number of nitriles is 1. The summed E-state index contributed by atoms with van der Waals surface area (Å²) in [5, 5.41) is 12.2. The number of nitrogens with one attached hydrogen (secondary N) is 1. The van der Waals surface area contributed by atoms with Gasteiger partial charge >= 0.3 is 0 Å². The molecule has 0 aliphatic carbocycles. The van der Waals surface area contributed by atoms with E-state index in [1.54, 1.807) is 0 Å². The Hall–Kier alpha value is -1.44. The van der Waals surface area contributed by atoms with Gasteiger partial charge in [-0.1, -0.05) is 0 Å². The van der Waals surface area contributed by atoms with Gasteiger partial charge in [-0.25, -0.2) is 4.39 Å². The van der Waals surface area contributed by atoms with Gasteiger partial charge in [-0.3, -0.25) is 0 Å². The van der Waals surface area contributed by atoms with Crippen LogP contribution in [0.3, 0.4) is 0 Å². The van der Waals surface area contributed by atoms with E-state index in [2.05, 4.69) is 18.3 Å². The number of hydrogen-bond donors (Lipinski definition) is 1. The van der Waals surface area contributed by atoms with Crippen LogP contribution in [-0.4, -0.2) is 19.3 Å². The Morgan fingerprint density at radius 2 is 2.39 bits per heavy atom. The molecule has 0 bridgehead atoms. The van der Waals surface area contributed by atoms with Crippen LogP contribution in [0.1, 0.15) is 24.5 Å². The quantitative estimate of drug-likeness (QED) is 0.888. The van der Waals surface area contributed by atoms with Gasteiger partial charge < -0.3 is 10.1 Å². The maximum atomic E-state index is 13.1. The van der Waals surface area contributed by atoms with Crippen molar-refractivity contribution in [3.8, 4) is 6.07 Å². The molecule has 0 aromatic heterocycles. The average molecular weight is 248 g/mol. The van der Waals surface area contributed by atoms with Crippen LogP contribution < -0.4 is 5.32 Å². The molecule has 1 aromatic rings. The fourth-order valence-corrected chi connectivity index (χ4v) is 2.25. The van der Waals surface area contributed by atoms with E-state index in [0.29, 0.717) is 23.6 Å². The minimum Gasteiger partial charge on any atom is -0.378 e. The van der Waals surface area contributed by atoms with Crippen molar-refractivity contribution in [2.45, 2.75) is 26.0 Å². The second-order valence-corrected chi connectivity index (χ2v) is 4.67. The molecule has 1 aliphatic heterocycles. The highest BCUT2D eigenvalue weighted by molar-refractivity contribution is 5.37. The SMILES string of the molecule is CC1OCCC1CNCc1cc(F)ccc1C#N. The number of hydrogen-bond acceptors (Lipinski definition) is 3. The highest BCUT2D eigenvalue weighted by Crippen LogP contribution is 2.19. The Morgan fingerprint density at radius 3 is 3.06 bits per heavy atom. The average Bonchev–Trinajstić information content (AvgIpc) is 2.76. The lowest BCUT2D eigenvalue weighted by atomic mass is 10.0. The van der Waals surface area contributed by atoms with Crippen molar-refractivity contribution in [3.05, 3.63) is 35.1 Å². The first kappa shape index (κ1) is 13.0. The molecular formula is C14H17FN2O. The third-order valence-electron chi connectivity index (χ3n) is 3.44. The topological polar surface area (TPSA) is 45.0 Å². The van der Waals surface area contributed by atoms with E-state index in [4.69, 9.17) is 10.00 Å². The summed E-state index contributed by atoms with van der Waals surface area (Å²) in [6.45, 7) is 4.24. The van der Waals surface area contributed by atoms with Crippen LogP contribution in [0.5, 0.6) is 0 Å². The van der Waals surface area contributed by atoms with E-state index in [0.717, 1.165) is 19.6 Å². The molecule has 18 heavy (non-hydrogen) atoms. The van der Waals surface area contributed by atoms with Gasteiger partial charge in [-0.05, 0) is 43.0 Å². The number of halogens is 1. The lowest BCUT2D eigenvalue weighted by Crippen LogP contribution is -2.26. The molecule has 1 aromatic carbocycles. The number of rotatable bonds is 4. The third kappa shape index (κ3) is 3.06. The predicted molar refractivity (Wildman–Crippen MR) is 66.3 cm³/mol. The summed E-state index contributed by atoms with van der Waals surface area (Å²) in [4.78, 5) is 0. The van der Waals surface area contributed by atoms with Crippen LogP contribution in [0.2, 0.25) is 0 Å². The van der Waals surface area contributed by atoms with Crippen molar-refractivity contribution in [1.82, 2.24) is 5.32 Å². The monoisotopic (exact) mass is 248 g/mol. The summed E-state index contributed by atoms with van der Waals surface area (Å²) in [6, 6.07) is 6.33. The zero-order valence-corrected chi connectivity index (χ0v) is 10.4. The smallest absolute Gasteiger partial charge is 0.123 e. The lowest BCUT2D eigenvalue weighted by Gasteiger charge is -2.15. The van der Waals surface area contributed by atoms with Crippen LogP contribution >= 0.6 is 0 Å². The number of ether oxygens (including phenoxy) is 1. The van der Waals surface area contributed by atoms with Crippen LogP contribution in [0.25, 0.3) is 0 Å². The summed E-state index contributed by atoms with van der Waals surface area (Å²) < 4.78 is 18.6. The maximum Gasteiger partial charge on any atom is 0.123 e. The Balaban J connectivity index is 1.90. The first-order valence-corrected chi connectivity index (χ1v) is 6.21. The molecular weight excluding hydrogens is 231 g/mol. The van der Waals surface area contributed by atoms with E-state index in [1.807, 2.05) is 0 Å². The van der Waals surface area contributed by atoms with Crippen LogP contribution in [-0.2, 0) is 11.3 Å². The predicted octanol–water partition coefficient (Wildman–Crippen LogP) is 2.21. The fraction of sp³-hybridized carbons (Fsp3) is 0.500. The second kappa shape index (κ2) is 5.94. The van der Waals surface area contributed by atoms with E-state index in [9.17, 15) is 4.39 Å². The molecule has 0 amide bonds. The summed E-state index contributed by atoms with van der Waals surface area (Å²) in [6.07, 6.45) is 1.34. The lowest BCUT2D eigenvalue weighted by molar-refractivity contribution is 0.105. The first-order valence-electron chi connectivity index (χ1n) is 6.21. The van der Waals surface area contributed by atoms with Crippen molar-refractivity contribution in [3.63, 3.8) is 0 Å². The molecule has 2 unspecified atom stereocenters. The van der Waals surface area contributed by atoms with Gasteiger partial charge in [0.25, 0.3) is 0 Å². The van der Waals surface area contributed by atoms with Crippen molar-refractivity contribution in [1.29, 1.82) is 5.26 Å². The summed E-state index contributed by atoms with van der Waals surface area (Å²) in [5.41, 5.74) is 1.24. The van der Waals surface area contributed by atoms with E-state index >= 15 is 0 Å². The molecule has 1 fully saturated rings. The van der Waals surface area contributed by atoms with Gasteiger partial charge in [0.1, 0.15) is 5.82 Å². The fourth-order valence-electron chi connectivity index (χ4n) is 2.25. The molecule has 3 nitrogen and oxygen atoms in total. The van der Waals surface area contributed by atoms with Gasteiger partial charge in [0.15, 0.2) is 0 Å². The van der Waals surface area contributed by atoms with Gasteiger partial charge in [0.2, 0.25) is 0 Å². The zero-order valence-electron chi connectivity index (χ0n) is 10.4. The largest absolute Gasteiger partial charge is 0.378 e. The molecule has 4 heteroatoms. The molecule has 1 N–H and O–H groups in total. The molecule has 2 rings (SSSR count). The summed E-state index contributed by atoms with van der Waals surface area (Å²) in [5.74, 6) is 0.201.